The number of carbonyl (C=O) groups excluding carboxylic acids is 2. The summed E-state index contributed by atoms with van der Waals surface area (Å²) in [6.07, 6.45) is 2.13. The number of aromatic nitrogens is 1. The quantitative estimate of drug-likeness (QED) is 0.395. The smallest absolute Gasteiger partial charge is 0.257 e. The van der Waals surface area contributed by atoms with Crippen LogP contribution in [0.25, 0.3) is 10.9 Å². The van der Waals surface area contributed by atoms with Gasteiger partial charge in [0.2, 0.25) is 5.91 Å². The second kappa shape index (κ2) is 8.15. The molecule has 5 nitrogen and oxygen atoms in total. The van der Waals surface area contributed by atoms with Gasteiger partial charge in [0, 0.05) is 42.0 Å². The Morgan fingerprint density at radius 1 is 1.11 bits per heavy atom. The molecule has 140 valence electrons. The average Bonchev–Trinajstić information content (AvgIpc) is 3.03. The largest absolute Gasteiger partial charge is 0.361 e. The molecule has 0 fully saturated rings. The molecule has 1 atom stereocenters. The summed E-state index contributed by atoms with van der Waals surface area (Å²) in [6, 6.07) is 15.1. The highest BCUT2D eigenvalue weighted by Gasteiger charge is 2.37. The lowest BCUT2D eigenvalue weighted by atomic mass is 10.0. The third kappa shape index (κ3) is 4.51. The molecule has 0 bridgehead atoms. The molecule has 0 saturated carbocycles. The molecule has 0 saturated heterocycles. The minimum Gasteiger partial charge on any atom is -0.361 e. The van der Waals surface area contributed by atoms with E-state index in [-0.39, 0.29) is 24.8 Å². The van der Waals surface area contributed by atoms with Crippen LogP contribution in [0.15, 0.2) is 54.7 Å². The van der Waals surface area contributed by atoms with Crippen molar-refractivity contribution in [2.24, 2.45) is 0 Å². The van der Waals surface area contributed by atoms with Gasteiger partial charge in [-0.3, -0.25) is 9.59 Å². The van der Waals surface area contributed by atoms with E-state index in [1.54, 1.807) is 6.07 Å². The Hall–Kier alpha value is -2.31. The van der Waals surface area contributed by atoms with Crippen molar-refractivity contribution >= 4 is 50.2 Å². The summed E-state index contributed by atoms with van der Waals surface area (Å²) < 4.78 is -1.27. The van der Waals surface area contributed by atoms with Crippen molar-refractivity contribution in [3.05, 3.63) is 70.9 Å². The SMILES string of the molecule is CC(=O)NC(Br)(Cc1c[nH]c2ccccc12)C(=O)NCc1ccccc1Cl. The third-order valence-electron chi connectivity index (χ3n) is 4.24. The van der Waals surface area contributed by atoms with Crippen molar-refractivity contribution < 1.29 is 9.59 Å². The fourth-order valence-electron chi connectivity index (χ4n) is 2.96. The molecule has 7 heteroatoms. The van der Waals surface area contributed by atoms with E-state index in [0.717, 1.165) is 22.0 Å². The number of para-hydroxylation sites is 1. The van der Waals surface area contributed by atoms with Gasteiger partial charge in [0.15, 0.2) is 4.45 Å². The number of hydrogen-bond acceptors (Lipinski definition) is 2. The Labute approximate surface area is 170 Å². The Morgan fingerprint density at radius 3 is 2.56 bits per heavy atom. The van der Waals surface area contributed by atoms with Gasteiger partial charge in [0.25, 0.3) is 5.91 Å². The fourth-order valence-corrected chi connectivity index (χ4v) is 3.88. The van der Waals surface area contributed by atoms with Crippen molar-refractivity contribution in [3.8, 4) is 0 Å². The zero-order valence-corrected chi connectivity index (χ0v) is 17.0. The summed E-state index contributed by atoms with van der Waals surface area (Å²) in [5.41, 5.74) is 2.70. The molecular formula is C20H19BrClN3O2. The summed E-state index contributed by atoms with van der Waals surface area (Å²) in [7, 11) is 0. The number of alkyl halides is 1. The highest BCUT2D eigenvalue weighted by Crippen LogP contribution is 2.27. The van der Waals surface area contributed by atoms with Gasteiger partial charge in [-0.25, -0.2) is 0 Å². The van der Waals surface area contributed by atoms with Crippen molar-refractivity contribution in [1.82, 2.24) is 15.6 Å². The molecule has 0 aliphatic heterocycles. The van der Waals surface area contributed by atoms with Gasteiger partial charge < -0.3 is 15.6 Å². The van der Waals surface area contributed by atoms with Crippen LogP contribution in [0, 0.1) is 0 Å². The molecule has 2 amide bonds. The highest BCUT2D eigenvalue weighted by atomic mass is 79.9. The molecule has 0 aliphatic rings. The van der Waals surface area contributed by atoms with E-state index in [2.05, 4.69) is 31.5 Å². The van der Waals surface area contributed by atoms with Crippen LogP contribution in [0.5, 0.6) is 0 Å². The van der Waals surface area contributed by atoms with E-state index in [1.807, 2.05) is 48.7 Å². The number of halogens is 2. The summed E-state index contributed by atoms with van der Waals surface area (Å²) in [5, 5.41) is 7.16. The molecule has 0 radical (unpaired) electrons. The summed E-state index contributed by atoms with van der Waals surface area (Å²) in [6.45, 7) is 1.64. The molecule has 0 spiro atoms. The summed E-state index contributed by atoms with van der Waals surface area (Å²) >= 11 is 9.61. The van der Waals surface area contributed by atoms with Crippen LogP contribution in [-0.4, -0.2) is 21.2 Å². The molecule has 27 heavy (non-hydrogen) atoms. The molecule has 3 aromatic rings. The molecule has 3 rings (SSSR count). The second-order valence-corrected chi connectivity index (χ2v) is 8.05. The molecule has 1 unspecified atom stereocenters. The van der Waals surface area contributed by atoms with E-state index in [0.29, 0.717) is 5.02 Å². The first-order valence-electron chi connectivity index (χ1n) is 8.43. The van der Waals surface area contributed by atoms with Gasteiger partial charge in [0.1, 0.15) is 0 Å². The predicted octanol–water partition coefficient (Wildman–Crippen LogP) is 3.91. The Morgan fingerprint density at radius 2 is 1.81 bits per heavy atom. The number of hydrogen-bond donors (Lipinski definition) is 3. The zero-order chi connectivity index (χ0) is 19.4. The fraction of sp³-hybridized carbons (Fsp3) is 0.200. The number of H-pyrrole nitrogens is 1. The number of rotatable bonds is 6. The van der Waals surface area contributed by atoms with Crippen LogP contribution in [0.1, 0.15) is 18.1 Å². The molecular weight excluding hydrogens is 430 g/mol. The first-order chi connectivity index (χ1) is 12.9. The first kappa shape index (κ1) is 19.5. The Bertz CT molecular complexity index is 988. The highest BCUT2D eigenvalue weighted by molar-refractivity contribution is 9.10. The van der Waals surface area contributed by atoms with Crippen LogP contribution in [0.4, 0.5) is 0 Å². The summed E-state index contributed by atoms with van der Waals surface area (Å²) in [4.78, 5) is 27.8. The van der Waals surface area contributed by atoms with Crippen molar-refractivity contribution in [1.29, 1.82) is 0 Å². The van der Waals surface area contributed by atoms with Gasteiger partial charge in [0.05, 0.1) is 0 Å². The van der Waals surface area contributed by atoms with Gasteiger partial charge in [-0.1, -0.05) is 63.9 Å². The molecule has 1 heterocycles. The third-order valence-corrected chi connectivity index (χ3v) is 5.45. The summed E-state index contributed by atoms with van der Waals surface area (Å²) in [5.74, 6) is -0.650. The monoisotopic (exact) mass is 447 g/mol. The molecule has 2 aromatic carbocycles. The molecule has 0 aliphatic carbocycles. The maximum atomic E-state index is 12.9. The Balaban J connectivity index is 1.82. The van der Waals surface area contributed by atoms with Gasteiger partial charge in [-0.15, -0.1) is 0 Å². The van der Waals surface area contributed by atoms with Crippen LogP contribution in [0.3, 0.4) is 0 Å². The average molecular weight is 449 g/mol. The normalized spacial score (nSPS) is 13.1. The van der Waals surface area contributed by atoms with Gasteiger partial charge >= 0.3 is 0 Å². The van der Waals surface area contributed by atoms with E-state index in [4.69, 9.17) is 11.6 Å². The van der Waals surface area contributed by atoms with E-state index in [9.17, 15) is 9.59 Å². The molecule has 1 aromatic heterocycles. The topological polar surface area (TPSA) is 74.0 Å². The Kier molecular flexibility index (Phi) is 5.87. The first-order valence-corrected chi connectivity index (χ1v) is 9.60. The van der Waals surface area contributed by atoms with Crippen molar-refractivity contribution in [3.63, 3.8) is 0 Å². The van der Waals surface area contributed by atoms with Crippen molar-refractivity contribution in [2.45, 2.75) is 24.3 Å². The number of aromatic amines is 1. The van der Waals surface area contributed by atoms with E-state index < -0.39 is 4.45 Å². The minimum atomic E-state index is -1.27. The van der Waals surface area contributed by atoms with E-state index >= 15 is 0 Å². The second-order valence-electron chi connectivity index (χ2n) is 6.29. The lowest BCUT2D eigenvalue weighted by Gasteiger charge is -2.27. The number of amides is 2. The van der Waals surface area contributed by atoms with E-state index in [1.165, 1.54) is 6.92 Å². The minimum absolute atomic E-state index is 0.263. The number of nitrogens with one attached hydrogen (secondary N) is 3. The van der Waals surface area contributed by atoms with Gasteiger partial charge in [-0.2, -0.15) is 0 Å². The zero-order valence-electron chi connectivity index (χ0n) is 14.7. The lowest BCUT2D eigenvalue weighted by Crippen LogP contribution is -2.55. The number of carbonyl (C=O) groups is 2. The standard InChI is InChI=1S/C20H19BrClN3O2/c1-13(26)25-20(21,10-15-12-23-18-9-5-3-7-16(15)18)19(27)24-11-14-6-2-4-8-17(14)22/h2-9,12,23H,10-11H2,1H3,(H,24,27)(H,25,26). The number of fused-ring (bicyclic) bond motifs is 1. The number of benzene rings is 2. The lowest BCUT2D eigenvalue weighted by molar-refractivity contribution is -0.129. The van der Waals surface area contributed by atoms with Crippen LogP contribution >= 0.6 is 27.5 Å². The van der Waals surface area contributed by atoms with Gasteiger partial charge in [-0.05, 0) is 23.3 Å². The maximum Gasteiger partial charge on any atom is 0.257 e. The molecule has 3 N–H and O–H groups in total. The van der Waals surface area contributed by atoms with Crippen molar-refractivity contribution in [2.75, 3.05) is 0 Å². The maximum absolute atomic E-state index is 12.9. The predicted molar refractivity (Wildman–Crippen MR) is 111 cm³/mol. The van der Waals surface area contributed by atoms with Crippen LogP contribution in [-0.2, 0) is 22.6 Å². The van der Waals surface area contributed by atoms with Crippen LogP contribution < -0.4 is 10.6 Å². The van der Waals surface area contributed by atoms with Crippen LogP contribution in [0.2, 0.25) is 5.02 Å².